The third-order valence-corrected chi connectivity index (χ3v) is 5.85. The summed E-state index contributed by atoms with van der Waals surface area (Å²) >= 11 is 0. The monoisotopic (exact) mass is 455 g/mol. The highest BCUT2D eigenvalue weighted by Crippen LogP contribution is 2.47. The molecule has 5 heteroatoms. The second-order valence-corrected chi connectivity index (χ2v) is 8.77. The Morgan fingerprint density at radius 2 is 1.12 bits per heavy atom. The van der Waals surface area contributed by atoms with Gasteiger partial charge in [-0.1, -0.05) is 12.1 Å². The van der Waals surface area contributed by atoms with E-state index in [9.17, 15) is 15.3 Å². The topological polar surface area (TPSA) is 73.2 Å². The number of hydrogen-bond acceptors (Lipinski definition) is 5. The van der Waals surface area contributed by atoms with Gasteiger partial charge in [-0.05, 0) is 99.8 Å². The number of phenolic OH excluding ortho intramolecular Hbond substituents is 3. The van der Waals surface area contributed by atoms with Gasteiger partial charge in [0, 0.05) is 17.2 Å². The molecule has 5 nitrogen and oxygen atoms in total. The summed E-state index contributed by atoms with van der Waals surface area (Å²) in [5, 5.41) is 31.3. The summed E-state index contributed by atoms with van der Waals surface area (Å²) in [4.78, 5) is 2.00. The smallest absolute Gasteiger partial charge is 0.151 e. The third-order valence-electron chi connectivity index (χ3n) is 5.85. The van der Waals surface area contributed by atoms with Gasteiger partial charge in [0.05, 0.1) is 17.1 Å². The van der Waals surface area contributed by atoms with Gasteiger partial charge < -0.3 is 25.0 Å². The first kappa shape index (κ1) is 23.1. The maximum atomic E-state index is 10.6. The van der Waals surface area contributed by atoms with Crippen LogP contribution in [0.25, 0.3) is 0 Å². The second kappa shape index (κ2) is 9.02. The summed E-state index contributed by atoms with van der Waals surface area (Å²) in [5.74, 6) is 1.59. The van der Waals surface area contributed by atoms with Crippen LogP contribution < -0.4 is 9.64 Å². The molecule has 34 heavy (non-hydrogen) atoms. The van der Waals surface area contributed by atoms with Gasteiger partial charge in [-0.2, -0.15) is 0 Å². The molecule has 0 atom stereocenters. The fraction of sp³-hybridized carbons (Fsp3) is 0.172. The number of ether oxygens (including phenoxy) is 1. The zero-order valence-electron chi connectivity index (χ0n) is 20.0. The Hall–Kier alpha value is -4.12. The van der Waals surface area contributed by atoms with Crippen LogP contribution in [0.3, 0.4) is 0 Å². The largest absolute Gasteiger partial charge is 0.508 e. The van der Waals surface area contributed by atoms with Crippen LogP contribution in [0.5, 0.6) is 28.7 Å². The summed E-state index contributed by atoms with van der Waals surface area (Å²) in [5.41, 5.74) is 6.36. The van der Waals surface area contributed by atoms with Crippen molar-refractivity contribution in [3.63, 3.8) is 0 Å². The summed E-state index contributed by atoms with van der Waals surface area (Å²) in [6.45, 7) is 9.48. The molecule has 0 saturated heterocycles. The first-order valence-corrected chi connectivity index (χ1v) is 11.1. The van der Waals surface area contributed by atoms with Crippen LogP contribution in [0.1, 0.15) is 27.8 Å². The number of benzene rings is 4. The molecule has 0 aliphatic heterocycles. The predicted molar refractivity (Wildman–Crippen MR) is 136 cm³/mol. The lowest BCUT2D eigenvalue weighted by Gasteiger charge is -2.31. The van der Waals surface area contributed by atoms with E-state index < -0.39 is 0 Å². The first-order chi connectivity index (χ1) is 16.1. The number of para-hydroxylation sites is 2. The summed E-state index contributed by atoms with van der Waals surface area (Å²) in [7, 11) is 0. The minimum Gasteiger partial charge on any atom is -0.508 e. The van der Waals surface area contributed by atoms with Crippen molar-refractivity contribution in [1.82, 2.24) is 0 Å². The van der Waals surface area contributed by atoms with E-state index in [1.807, 2.05) is 82.0 Å². The molecule has 0 aromatic heterocycles. The quantitative estimate of drug-likeness (QED) is 0.289. The summed E-state index contributed by atoms with van der Waals surface area (Å²) < 4.78 is 6.27. The van der Waals surface area contributed by atoms with Gasteiger partial charge in [0.2, 0.25) is 0 Å². The number of rotatable bonds is 5. The van der Waals surface area contributed by atoms with Gasteiger partial charge >= 0.3 is 0 Å². The molecular formula is C29H29NO4. The second-order valence-electron chi connectivity index (χ2n) is 8.77. The minimum absolute atomic E-state index is 0.128. The van der Waals surface area contributed by atoms with Gasteiger partial charge in [0.1, 0.15) is 23.0 Å². The van der Waals surface area contributed by atoms with Gasteiger partial charge in [-0.15, -0.1) is 0 Å². The van der Waals surface area contributed by atoms with E-state index in [0.29, 0.717) is 22.6 Å². The molecule has 0 bridgehead atoms. The summed E-state index contributed by atoms with van der Waals surface area (Å²) in [6, 6.07) is 20.2. The van der Waals surface area contributed by atoms with Crippen molar-refractivity contribution in [3.8, 4) is 28.7 Å². The van der Waals surface area contributed by atoms with Gasteiger partial charge in [0.15, 0.2) is 5.75 Å². The maximum Gasteiger partial charge on any atom is 0.151 e. The lowest BCUT2D eigenvalue weighted by atomic mass is 10.0. The number of anilines is 3. The van der Waals surface area contributed by atoms with Crippen LogP contribution in [0.4, 0.5) is 17.1 Å². The highest BCUT2D eigenvalue weighted by Gasteiger charge is 2.23. The molecule has 0 aliphatic rings. The normalized spacial score (nSPS) is 10.9. The lowest BCUT2D eigenvalue weighted by molar-refractivity contribution is 0.454. The first-order valence-electron chi connectivity index (χ1n) is 11.1. The van der Waals surface area contributed by atoms with Crippen LogP contribution >= 0.6 is 0 Å². The van der Waals surface area contributed by atoms with Crippen LogP contribution in [-0.2, 0) is 0 Å². The molecule has 0 unspecified atom stereocenters. The van der Waals surface area contributed by atoms with Crippen LogP contribution in [0.15, 0.2) is 66.7 Å². The molecule has 0 fully saturated rings. The molecule has 0 amide bonds. The molecule has 0 aliphatic carbocycles. The summed E-state index contributed by atoms with van der Waals surface area (Å²) in [6.07, 6.45) is 0. The molecule has 4 aromatic carbocycles. The van der Waals surface area contributed by atoms with E-state index in [-0.39, 0.29) is 17.2 Å². The Morgan fingerprint density at radius 3 is 1.68 bits per heavy atom. The molecular weight excluding hydrogens is 426 g/mol. The lowest BCUT2D eigenvalue weighted by Crippen LogP contribution is -2.14. The molecule has 4 rings (SSSR count). The molecule has 174 valence electrons. The van der Waals surface area contributed by atoms with Crippen molar-refractivity contribution in [2.45, 2.75) is 34.6 Å². The highest BCUT2D eigenvalue weighted by molar-refractivity contribution is 5.85. The van der Waals surface area contributed by atoms with E-state index >= 15 is 0 Å². The van der Waals surface area contributed by atoms with E-state index in [1.54, 1.807) is 24.3 Å². The average Bonchev–Trinajstić information content (AvgIpc) is 2.75. The number of aromatic hydroxyl groups is 3. The fourth-order valence-corrected chi connectivity index (χ4v) is 4.14. The molecule has 0 radical (unpaired) electrons. The molecule has 0 spiro atoms. The third kappa shape index (κ3) is 4.50. The van der Waals surface area contributed by atoms with Crippen molar-refractivity contribution in [3.05, 3.63) is 94.5 Å². The number of phenols is 3. The Bertz CT molecular complexity index is 1300. The van der Waals surface area contributed by atoms with E-state index in [1.165, 1.54) is 0 Å². The molecule has 3 N–H and O–H groups in total. The molecule has 0 saturated carbocycles. The zero-order chi connectivity index (χ0) is 24.6. The van der Waals surface area contributed by atoms with Crippen molar-refractivity contribution in [2.75, 3.05) is 4.90 Å². The van der Waals surface area contributed by atoms with Gasteiger partial charge in [-0.25, -0.2) is 0 Å². The van der Waals surface area contributed by atoms with Crippen molar-refractivity contribution in [2.24, 2.45) is 0 Å². The van der Waals surface area contributed by atoms with Crippen LogP contribution in [-0.4, -0.2) is 15.3 Å². The van der Waals surface area contributed by atoms with Gasteiger partial charge in [0.25, 0.3) is 0 Å². The Labute approximate surface area is 200 Å². The Morgan fingerprint density at radius 1 is 0.588 bits per heavy atom. The van der Waals surface area contributed by atoms with Gasteiger partial charge in [-0.3, -0.25) is 0 Å². The number of nitrogens with zero attached hydrogens (tertiary/aromatic N) is 1. The number of hydrogen-bond donors (Lipinski definition) is 3. The predicted octanol–water partition coefficient (Wildman–Crippen LogP) is 7.61. The number of aryl methyl sites for hydroxylation is 3. The van der Waals surface area contributed by atoms with E-state index in [0.717, 1.165) is 33.8 Å². The Kier molecular flexibility index (Phi) is 6.12. The molecule has 0 heterocycles. The highest BCUT2D eigenvalue weighted by atomic mass is 16.5. The SMILES string of the molecule is Cc1cc(O)cc(Oc2ccccc2N(c2cc(C)cc(O)c2C)c2cc(C)cc(O)c2C)c1. The zero-order valence-corrected chi connectivity index (χ0v) is 20.0. The maximum absolute atomic E-state index is 10.6. The minimum atomic E-state index is 0.128. The average molecular weight is 456 g/mol. The molecule has 4 aromatic rings. The van der Waals surface area contributed by atoms with E-state index in [4.69, 9.17) is 4.74 Å². The Balaban J connectivity index is 1.98. The van der Waals surface area contributed by atoms with Crippen molar-refractivity contribution >= 4 is 17.1 Å². The van der Waals surface area contributed by atoms with Crippen LogP contribution in [0, 0.1) is 34.6 Å². The standard InChI is InChI=1S/C29H29NO4/c1-17-10-22(31)16-23(11-17)34-29-9-7-6-8-24(29)30(25-12-18(2)14-27(32)20(25)4)26-13-19(3)15-28(33)21(26)5/h6-16,31-33H,1-5H3. The van der Waals surface area contributed by atoms with Crippen LogP contribution in [0.2, 0.25) is 0 Å². The fourth-order valence-electron chi connectivity index (χ4n) is 4.14. The van der Waals surface area contributed by atoms with E-state index in [2.05, 4.69) is 0 Å². The van der Waals surface area contributed by atoms with Crippen molar-refractivity contribution < 1.29 is 20.1 Å². The van der Waals surface area contributed by atoms with Crippen molar-refractivity contribution in [1.29, 1.82) is 0 Å².